The monoisotopic (exact) mass is 540 g/mol. The van der Waals surface area contributed by atoms with Crippen molar-refractivity contribution in [2.45, 2.75) is 51.9 Å². The van der Waals surface area contributed by atoms with E-state index in [1.54, 1.807) is 18.2 Å². The van der Waals surface area contributed by atoms with Gasteiger partial charge in [0.25, 0.3) is 5.91 Å². The third-order valence-corrected chi connectivity index (χ3v) is 10.0. The molecule has 38 heavy (non-hydrogen) atoms. The van der Waals surface area contributed by atoms with Crippen LogP contribution in [0.25, 0.3) is 0 Å². The van der Waals surface area contributed by atoms with Crippen molar-refractivity contribution in [1.82, 2.24) is 9.97 Å². The topological polar surface area (TPSA) is 128 Å². The van der Waals surface area contributed by atoms with Gasteiger partial charge in [0.2, 0.25) is 16.0 Å². The van der Waals surface area contributed by atoms with Crippen molar-refractivity contribution in [2.75, 3.05) is 58.4 Å². The van der Waals surface area contributed by atoms with E-state index in [-0.39, 0.29) is 17.6 Å². The van der Waals surface area contributed by atoms with Crippen LogP contribution in [0.4, 0.5) is 23.1 Å². The normalized spacial score (nSPS) is 21.1. The van der Waals surface area contributed by atoms with Crippen molar-refractivity contribution >= 4 is 39.1 Å². The molecule has 0 atom stereocenters. The molecule has 4 fully saturated rings. The third-order valence-electron chi connectivity index (χ3n) is 8.78. The van der Waals surface area contributed by atoms with Crippen LogP contribution in [0.1, 0.15) is 61.0 Å². The fourth-order valence-electron chi connectivity index (χ4n) is 5.95. The Kier molecular flexibility index (Phi) is 6.26. The summed E-state index contributed by atoms with van der Waals surface area (Å²) < 4.78 is 27.1. The smallest absolute Gasteiger partial charge is 0.260 e. The lowest BCUT2D eigenvalue weighted by Crippen LogP contribution is -2.36. The number of anilines is 4. The van der Waals surface area contributed by atoms with E-state index in [2.05, 4.69) is 29.8 Å². The van der Waals surface area contributed by atoms with E-state index < -0.39 is 16.6 Å². The maximum absolute atomic E-state index is 13.6. The van der Waals surface area contributed by atoms with Gasteiger partial charge < -0.3 is 14.9 Å². The Morgan fingerprint density at radius 2 is 1.66 bits per heavy atom. The number of aromatic nitrogens is 2. The molecule has 3 heterocycles. The van der Waals surface area contributed by atoms with Crippen molar-refractivity contribution in [1.29, 1.82) is 0 Å². The lowest BCUT2D eigenvalue weighted by atomic mass is 9.93. The number of hydrogen-bond acceptors (Lipinski definition) is 8. The van der Waals surface area contributed by atoms with E-state index in [9.17, 15) is 13.2 Å². The van der Waals surface area contributed by atoms with Crippen LogP contribution in [0.2, 0.25) is 0 Å². The maximum Gasteiger partial charge on any atom is 0.260 e. The second-order valence-corrected chi connectivity index (χ2v) is 13.5. The molecule has 2 saturated heterocycles. The van der Waals surface area contributed by atoms with Gasteiger partial charge in [-0.15, -0.1) is 0 Å². The standard InChI is InChI=1S/C27H36N6O4S/c1-19-16-23(33-13-10-27(18-33)6-7-27)29-25(28-19)30-24(35)21-3-2-20(31-38(36,37)15-14-34)17-22(21)32-11-8-26(4-5-26)9-12-32/h2-3,16-17,31,34H,4-15,18H2,1H3,(H,28,29,30,35). The predicted molar refractivity (Wildman–Crippen MR) is 147 cm³/mol. The molecule has 2 aromatic rings. The van der Waals surface area contributed by atoms with E-state index in [1.165, 1.54) is 32.1 Å². The number of sulfonamides is 1. The molecule has 11 heteroatoms. The van der Waals surface area contributed by atoms with Gasteiger partial charge in [-0.05, 0) is 80.9 Å². The van der Waals surface area contributed by atoms with Crippen molar-refractivity contribution in [3.63, 3.8) is 0 Å². The maximum atomic E-state index is 13.6. The number of benzene rings is 1. The predicted octanol–water partition coefficient (Wildman–Crippen LogP) is 3.14. The first-order valence-electron chi connectivity index (χ1n) is 13.6. The number of hydrogen-bond donors (Lipinski definition) is 3. The highest BCUT2D eigenvalue weighted by Crippen LogP contribution is 2.54. The highest BCUT2D eigenvalue weighted by atomic mass is 32.2. The number of carbonyl (C=O) groups excluding carboxylic acids is 1. The van der Waals surface area contributed by atoms with Gasteiger partial charge in [-0.1, -0.05) is 0 Å². The third kappa shape index (κ3) is 5.31. The van der Waals surface area contributed by atoms with Crippen LogP contribution in [0.5, 0.6) is 0 Å². The Balaban J connectivity index is 1.25. The lowest BCUT2D eigenvalue weighted by molar-refractivity contribution is 0.102. The summed E-state index contributed by atoms with van der Waals surface area (Å²) in [6.45, 7) is 5.05. The number of piperidine rings is 1. The number of aliphatic hydroxyl groups excluding tert-OH is 1. The van der Waals surface area contributed by atoms with Crippen LogP contribution in [0.15, 0.2) is 24.3 Å². The van der Waals surface area contributed by atoms with E-state index in [1.807, 2.05) is 13.0 Å². The van der Waals surface area contributed by atoms with Crippen LogP contribution in [-0.2, 0) is 10.0 Å². The van der Waals surface area contributed by atoms with Gasteiger partial charge >= 0.3 is 0 Å². The molecule has 3 N–H and O–H groups in total. The fraction of sp³-hybridized carbons (Fsp3) is 0.593. The molecule has 0 unspecified atom stereocenters. The SMILES string of the molecule is Cc1cc(N2CCC3(CC3)C2)nc(NC(=O)c2ccc(NS(=O)(=O)CCO)cc2N2CCC3(CC2)CC3)n1. The van der Waals surface area contributed by atoms with E-state index in [4.69, 9.17) is 5.11 Å². The van der Waals surface area contributed by atoms with Gasteiger partial charge in [0.05, 0.1) is 29.3 Å². The van der Waals surface area contributed by atoms with Crippen molar-refractivity contribution in [2.24, 2.45) is 10.8 Å². The van der Waals surface area contributed by atoms with E-state index >= 15 is 0 Å². The van der Waals surface area contributed by atoms with Crippen molar-refractivity contribution < 1.29 is 18.3 Å². The molecule has 204 valence electrons. The number of carbonyl (C=O) groups is 1. The summed E-state index contributed by atoms with van der Waals surface area (Å²) in [6, 6.07) is 6.92. The molecule has 0 radical (unpaired) electrons. The van der Waals surface area contributed by atoms with Crippen molar-refractivity contribution in [3.8, 4) is 0 Å². The molecule has 10 nitrogen and oxygen atoms in total. The zero-order valence-electron chi connectivity index (χ0n) is 21.9. The first-order chi connectivity index (χ1) is 18.2. The second-order valence-electron chi connectivity index (χ2n) is 11.7. The highest BCUT2D eigenvalue weighted by molar-refractivity contribution is 7.92. The molecule has 1 aromatic heterocycles. The Morgan fingerprint density at radius 3 is 2.32 bits per heavy atom. The molecule has 1 aromatic carbocycles. The summed E-state index contributed by atoms with van der Waals surface area (Å²) in [6.07, 6.45) is 8.41. The summed E-state index contributed by atoms with van der Waals surface area (Å²) in [4.78, 5) is 27.2. The summed E-state index contributed by atoms with van der Waals surface area (Å²) in [5, 5.41) is 12.0. The zero-order valence-corrected chi connectivity index (χ0v) is 22.7. The van der Waals surface area contributed by atoms with E-state index in [0.717, 1.165) is 50.5 Å². The van der Waals surface area contributed by atoms with Gasteiger partial charge in [-0.2, -0.15) is 4.98 Å². The van der Waals surface area contributed by atoms with Crippen LogP contribution < -0.4 is 19.8 Å². The summed E-state index contributed by atoms with van der Waals surface area (Å²) in [7, 11) is -3.69. The Hall–Kier alpha value is -2.92. The number of rotatable bonds is 8. The Bertz CT molecular complexity index is 1350. The Morgan fingerprint density at radius 1 is 0.974 bits per heavy atom. The number of nitrogens with one attached hydrogen (secondary N) is 2. The fourth-order valence-corrected chi connectivity index (χ4v) is 6.78. The molecule has 4 aliphatic rings. The Labute approximate surface area is 223 Å². The molecule has 1 amide bonds. The average Bonchev–Trinajstić information content (AvgIpc) is 3.76. The van der Waals surface area contributed by atoms with E-state index in [0.29, 0.717) is 27.8 Å². The average molecular weight is 541 g/mol. The first kappa shape index (κ1) is 25.4. The lowest BCUT2D eigenvalue weighted by Gasteiger charge is -2.35. The minimum absolute atomic E-state index is 0.274. The molecule has 2 aliphatic heterocycles. The second kappa shape index (κ2) is 9.37. The molecular weight excluding hydrogens is 504 g/mol. The minimum atomic E-state index is -3.69. The molecule has 2 spiro atoms. The van der Waals surface area contributed by atoms with Crippen LogP contribution >= 0.6 is 0 Å². The highest BCUT2D eigenvalue weighted by Gasteiger charge is 2.48. The number of aryl methyl sites for hydroxylation is 1. The molecule has 0 bridgehead atoms. The number of nitrogens with zero attached hydrogens (tertiary/aromatic N) is 4. The summed E-state index contributed by atoms with van der Waals surface area (Å²) >= 11 is 0. The van der Waals surface area contributed by atoms with Gasteiger partial charge in [0.1, 0.15) is 5.82 Å². The van der Waals surface area contributed by atoms with Gasteiger partial charge in [0.15, 0.2) is 0 Å². The quantitative estimate of drug-likeness (QED) is 0.466. The zero-order chi connectivity index (χ0) is 26.5. The van der Waals surface area contributed by atoms with Crippen LogP contribution in [0.3, 0.4) is 0 Å². The molecule has 2 aliphatic carbocycles. The number of aliphatic hydroxyl groups is 1. The van der Waals surface area contributed by atoms with Crippen molar-refractivity contribution in [3.05, 3.63) is 35.5 Å². The summed E-state index contributed by atoms with van der Waals surface area (Å²) in [5.74, 6) is 0.405. The largest absolute Gasteiger partial charge is 0.395 e. The first-order valence-corrected chi connectivity index (χ1v) is 15.2. The van der Waals surface area contributed by atoms with Crippen LogP contribution in [0, 0.1) is 17.8 Å². The van der Waals surface area contributed by atoms with Gasteiger partial charge in [-0.3, -0.25) is 14.8 Å². The van der Waals surface area contributed by atoms with Gasteiger partial charge in [-0.25, -0.2) is 13.4 Å². The van der Waals surface area contributed by atoms with Gasteiger partial charge in [0, 0.05) is 37.9 Å². The molecular formula is C27H36N6O4S. The number of amides is 1. The molecule has 6 rings (SSSR count). The van der Waals surface area contributed by atoms with Crippen LogP contribution in [-0.4, -0.2) is 67.9 Å². The molecule has 2 saturated carbocycles. The summed E-state index contributed by atoms with van der Waals surface area (Å²) in [5.41, 5.74) is 3.22. The minimum Gasteiger partial charge on any atom is -0.395 e.